The number of likely N-dealkylation sites (N-methyl/N-ethyl adjacent to an activating group) is 1. The lowest BCUT2D eigenvalue weighted by Crippen LogP contribution is -2.21. The third-order valence-electron chi connectivity index (χ3n) is 2.78. The van der Waals surface area contributed by atoms with E-state index in [0.717, 1.165) is 18.8 Å². The quantitative estimate of drug-likeness (QED) is 0.845. The molecule has 0 spiro atoms. The summed E-state index contributed by atoms with van der Waals surface area (Å²) in [5, 5.41) is 5.91. The summed E-state index contributed by atoms with van der Waals surface area (Å²) in [5.41, 5.74) is 1.02. The van der Waals surface area contributed by atoms with Crippen LogP contribution >= 0.6 is 0 Å². The van der Waals surface area contributed by atoms with Crippen molar-refractivity contribution in [1.82, 2.24) is 14.9 Å². The lowest BCUT2D eigenvalue weighted by molar-refractivity contribution is 0.102. The Hall–Kier alpha value is -2.47. The molecule has 1 aromatic heterocycles. The number of anilines is 2. The minimum atomic E-state index is -0.270. The van der Waals surface area contributed by atoms with Gasteiger partial charge in [-0.05, 0) is 26.2 Å². The van der Waals surface area contributed by atoms with Crippen LogP contribution in [-0.2, 0) is 0 Å². The third-order valence-corrected chi connectivity index (χ3v) is 2.78. The predicted octanol–water partition coefficient (Wildman–Crippen LogP) is 1.70. The van der Waals surface area contributed by atoms with E-state index >= 15 is 0 Å². The molecule has 6 heteroatoms. The summed E-state index contributed by atoms with van der Waals surface area (Å²) >= 11 is 0. The van der Waals surface area contributed by atoms with E-state index in [-0.39, 0.29) is 11.6 Å². The van der Waals surface area contributed by atoms with Gasteiger partial charge in [-0.2, -0.15) is 0 Å². The van der Waals surface area contributed by atoms with E-state index in [4.69, 9.17) is 0 Å². The second kappa shape index (κ2) is 7.35. The number of nitrogens with zero attached hydrogens (tertiary/aromatic N) is 3. The van der Waals surface area contributed by atoms with Crippen LogP contribution in [0.4, 0.5) is 11.5 Å². The van der Waals surface area contributed by atoms with Crippen molar-refractivity contribution in [2.75, 3.05) is 37.8 Å². The highest BCUT2D eigenvalue weighted by atomic mass is 16.1. The smallest absolute Gasteiger partial charge is 0.275 e. The second-order valence-electron chi connectivity index (χ2n) is 4.84. The summed E-state index contributed by atoms with van der Waals surface area (Å²) in [7, 11) is 4.01. The zero-order chi connectivity index (χ0) is 15.1. The van der Waals surface area contributed by atoms with Gasteiger partial charge in [0.2, 0.25) is 0 Å². The molecule has 2 aromatic rings. The molecular formula is C15H19N5O. The standard InChI is InChI=1S/C15H19N5O/c1-20(2)9-8-16-14-11-17-13(10-18-14)15(21)19-12-6-4-3-5-7-12/h3-7,10-11H,8-9H2,1-2H3,(H,16,18)(H,19,21). The Labute approximate surface area is 124 Å². The minimum absolute atomic E-state index is 0.270. The number of hydrogen-bond donors (Lipinski definition) is 2. The summed E-state index contributed by atoms with van der Waals surface area (Å²) in [6.45, 7) is 1.68. The van der Waals surface area contributed by atoms with E-state index in [1.54, 1.807) is 6.20 Å². The molecule has 0 fully saturated rings. The highest BCUT2D eigenvalue weighted by Gasteiger charge is 2.08. The lowest BCUT2D eigenvalue weighted by Gasteiger charge is -2.10. The van der Waals surface area contributed by atoms with E-state index in [2.05, 4.69) is 25.5 Å². The van der Waals surface area contributed by atoms with Gasteiger partial charge in [-0.1, -0.05) is 18.2 Å². The first-order valence-electron chi connectivity index (χ1n) is 6.72. The van der Waals surface area contributed by atoms with Crippen LogP contribution in [-0.4, -0.2) is 48.0 Å². The van der Waals surface area contributed by atoms with Crippen LogP contribution in [0.5, 0.6) is 0 Å². The van der Waals surface area contributed by atoms with Crippen LogP contribution in [0.3, 0.4) is 0 Å². The molecule has 2 N–H and O–H groups in total. The van der Waals surface area contributed by atoms with E-state index in [9.17, 15) is 4.79 Å². The molecule has 0 aliphatic heterocycles. The summed E-state index contributed by atoms with van der Waals surface area (Å²) in [6, 6.07) is 9.26. The molecule has 0 radical (unpaired) electrons. The zero-order valence-electron chi connectivity index (χ0n) is 12.2. The molecule has 6 nitrogen and oxygen atoms in total. The van der Waals surface area contributed by atoms with Gasteiger partial charge in [0.05, 0.1) is 12.4 Å². The van der Waals surface area contributed by atoms with Gasteiger partial charge in [-0.25, -0.2) is 9.97 Å². The summed E-state index contributed by atoms with van der Waals surface area (Å²) in [6.07, 6.45) is 3.03. The average molecular weight is 285 g/mol. The van der Waals surface area contributed by atoms with Crippen molar-refractivity contribution >= 4 is 17.4 Å². The van der Waals surface area contributed by atoms with Crippen LogP contribution in [0.2, 0.25) is 0 Å². The molecule has 110 valence electrons. The average Bonchev–Trinajstić information content (AvgIpc) is 2.48. The minimum Gasteiger partial charge on any atom is -0.368 e. The lowest BCUT2D eigenvalue weighted by atomic mass is 10.3. The van der Waals surface area contributed by atoms with Crippen LogP contribution in [0.1, 0.15) is 10.5 Å². The van der Waals surface area contributed by atoms with Crippen molar-refractivity contribution in [2.45, 2.75) is 0 Å². The molecule has 1 heterocycles. The third kappa shape index (κ3) is 4.85. The number of amides is 1. The maximum absolute atomic E-state index is 12.0. The molecule has 21 heavy (non-hydrogen) atoms. The number of hydrogen-bond acceptors (Lipinski definition) is 5. The molecule has 1 aromatic carbocycles. The number of rotatable bonds is 6. The first-order chi connectivity index (χ1) is 10.1. The van der Waals surface area contributed by atoms with E-state index < -0.39 is 0 Å². The van der Waals surface area contributed by atoms with E-state index in [1.165, 1.54) is 6.20 Å². The van der Waals surface area contributed by atoms with Gasteiger partial charge < -0.3 is 15.5 Å². The molecule has 0 saturated carbocycles. The summed E-state index contributed by atoms with van der Waals surface area (Å²) < 4.78 is 0. The predicted molar refractivity (Wildman–Crippen MR) is 83.5 cm³/mol. The molecule has 2 rings (SSSR count). The van der Waals surface area contributed by atoms with Gasteiger partial charge in [0.15, 0.2) is 0 Å². The highest BCUT2D eigenvalue weighted by molar-refractivity contribution is 6.02. The fourth-order valence-corrected chi connectivity index (χ4v) is 1.66. The van der Waals surface area contributed by atoms with Crippen LogP contribution in [0.25, 0.3) is 0 Å². The van der Waals surface area contributed by atoms with E-state index in [1.807, 2.05) is 44.4 Å². The van der Waals surface area contributed by atoms with Crippen LogP contribution < -0.4 is 10.6 Å². The number of benzene rings is 1. The largest absolute Gasteiger partial charge is 0.368 e. The second-order valence-corrected chi connectivity index (χ2v) is 4.84. The van der Waals surface area contributed by atoms with Crippen molar-refractivity contribution < 1.29 is 4.79 Å². The molecule has 1 amide bonds. The summed E-state index contributed by atoms with van der Waals surface area (Å²) in [4.78, 5) is 22.4. The van der Waals surface area contributed by atoms with Gasteiger partial charge in [-0.15, -0.1) is 0 Å². The summed E-state index contributed by atoms with van der Waals surface area (Å²) in [5.74, 6) is 0.390. The fraction of sp³-hybridized carbons (Fsp3) is 0.267. The SMILES string of the molecule is CN(C)CCNc1cnc(C(=O)Nc2ccccc2)cn1. The monoisotopic (exact) mass is 285 g/mol. The number of carbonyl (C=O) groups excluding carboxylic acids is 1. The zero-order valence-corrected chi connectivity index (χ0v) is 12.2. The molecule has 0 atom stereocenters. The molecule has 0 bridgehead atoms. The van der Waals surface area contributed by atoms with Crippen molar-refractivity contribution in [3.05, 3.63) is 48.4 Å². The van der Waals surface area contributed by atoms with Gasteiger partial charge in [0.1, 0.15) is 11.5 Å². The Morgan fingerprint density at radius 1 is 1.14 bits per heavy atom. The molecule has 0 saturated heterocycles. The topological polar surface area (TPSA) is 70.2 Å². The first-order valence-corrected chi connectivity index (χ1v) is 6.72. The van der Waals surface area contributed by atoms with Crippen LogP contribution in [0, 0.1) is 0 Å². The number of para-hydroxylation sites is 1. The van der Waals surface area contributed by atoms with Crippen molar-refractivity contribution in [3.63, 3.8) is 0 Å². The maximum Gasteiger partial charge on any atom is 0.275 e. The fourth-order valence-electron chi connectivity index (χ4n) is 1.66. The number of nitrogens with one attached hydrogen (secondary N) is 2. The first kappa shape index (κ1) is 14.9. The Kier molecular flexibility index (Phi) is 5.22. The number of aromatic nitrogens is 2. The highest BCUT2D eigenvalue weighted by Crippen LogP contribution is 2.07. The Balaban J connectivity index is 1.91. The molecule has 0 aliphatic rings. The van der Waals surface area contributed by atoms with Crippen molar-refractivity contribution in [2.24, 2.45) is 0 Å². The van der Waals surface area contributed by atoms with Crippen LogP contribution in [0.15, 0.2) is 42.7 Å². The molecule has 0 unspecified atom stereocenters. The van der Waals surface area contributed by atoms with Crippen molar-refractivity contribution in [1.29, 1.82) is 0 Å². The molecule has 0 aliphatic carbocycles. The van der Waals surface area contributed by atoms with Gasteiger partial charge in [0.25, 0.3) is 5.91 Å². The van der Waals surface area contributed by atoms with Gasteiger partial charge >= 0.3 is 0 Å². The normalized spacial score (nSPS) is 10.4. The van der Waals surface area contributed by atoms with Gasteiger partial charge in [-0.3, -0.25) is 4.79 Å². The Morgan fingerprint density at radius 3 is 2.52 bits per heavy atom. The Bertz CT molecular complexity index is 568. The molecular weight excluding hydrogens is 266 g/mol. The van der Waals surface area contributed by atoms with Crippen molar-refractivity contribution in [3.8, 4) is 0 Å². The Morgan fingerprint density at radius 2 is 1.90 bits per heavy atom. The van der Waals surface area contributed by atoms with E-state index in [0.29, 0.717) is 5.82 Å². The van der Waals surface area contributed by atoms with Gasteiger partial charge in [0, 0.05) is 18.8 Å². The number of carbonyl (C=O) groups is 1. The maximum atomic E-state index is 12.0.